The van der Waals surface area contributed by atoms with Crippen molar-refractivity contribution in [3.63, 3.8) is 0 Å². The molecule has 1 aromatic rings. The van der Waals surface area contributed by atoms with Crippen molar-refractivity contribution in [2.75, 3.05) is 13.1 Å². The molecule has 1 aromatic heterocycles. The third-order valence-corrected chi connectivity index (χ3v) is 4.77. The lowest BCUT2D eigenvalue weighted by Crippen LogP contribution is -2.44. The number of rotatable bonds is 2. The number of aromatic nitrogens is 2. The van der Waals surface area contributed by atoms with Crippen molar-refractivity contribution in [2.24, 2.45) is 5.92 Å². The van der Waals surface area contributed by atoms with Gasteiger partial charge in [-0.3, -0.25) is 9.48 Å². The Hall–Kier alpha value is -0.840. The van der Waals surface area contributed by atoms with Crippen molar-refractivity contribution in [3.8, 4) is 0 Å². The Morgan fingerprint density at radius 2 is 2.33 bits per heavy atom. The molecule has 1 amide bonds. The van der Waals surface area contributed by atoms with E-state index in [1.165, 1.54) is 0 Å². The van der Waals surface area contributed by atoms with Gasteiger partial charge in [-0.15, -0.1) is 0 Å². The molecule has 0 radical (unpaired) electrons. The first-order chi connectivity index (χ1) is 8.52. The second kappa shape index (κ2) is 5.43. The summed E-state index contributed by atoms with van der Waals surface area (Å²) < 4.78 is 1.79. The lowest BCUT2D eigenvalue weighted by Gasteiger charge is -2.34. The molecule has 4 nitrogen and oxygen atoms in total. The third-order valence-electron chi connectivity index (χ3n) is 3.57. The molecule has 2 unspecified atom stereocenters. The highest BCUT2D eigenvalue weighted by atomic mass is 79.9. The Kier molecular flexibility index (Phi) is 4.10. The molecule has 0 N–H and O–H groups in total. The van der Waals surface area contributed by atoms with E-state index in [2.05, 4.69) is 28.0 Å². The fourth-order valence-electron chi connectivity index (χ4n) is 2.33. The van der Waals surface area contributed by atoms with Gasteiger partial charge in [0.05, 0.1) is 5.69 Å². The molecule has 2 heterocycles. The Balaban J connectivity index is 2.16. The predicted octanol–water partition coefficient (Wildman–Crippen LogP) is 2.46. The van der Waals surface area contributed by atoms with Crippen LogP contribution in [0.1, 0.15) is 36.5 Å². The number of nitrogens with zero attached hydrogens (tertiary/aromatic N) is 3. The summed E-state index contributed by atoms with van der Waals surface area (Å²) in [6.45, 7) is 8.52. The number of carbonyl (C=O) groups excluding carboxylic acids is 1. The maximum Gasteiger partial charge on any atom is 0.272 e. The van der Waals surface area contributed by atoms with E-state index in [0.717, 1.165) is 31.7 Å². The molecule has 0 aliphatic carbocycles. The minimum Gasteiger partial charge on any atom is -0.336 e. The average molecular weight is 314 g/mol. The van der Waals surface area contributed by atoms with Crippen LogP contribution in [-0.2, 0) is 6.54 Å². The van der Waals surface area contributed by atoms with Crippen molar-refractivity contribution in [3.05, 3.63) is 17.5 Å². The van der Waals surface area contributed by atoms with Gasteiger partial charge in [-0.25, -0.2) is 0 Å². The Labute approximate surface area is 116 Å². The van der Waals surface area contributed by atoms with Crippen LogP contribution in [0.15, 0.2) is 6.07 Å². The van der Waals surface area contributed by atoms with E-state index in [0.29, 0.717) is 16.4 Å². The Bertz CT molecular complexity index is 443. The number of aryl methyl sites for hydroxylation is 2. The van der Waals surface area contributed by atoms with E-state index in [-0.39, 0.29) is 5.91 Å². The van der Waals surface area contributed by atoms with E-state index in [1.807, 2.05) is 24.8 Å². The lowest BCUT2D eigenvalue weighted by atomic mass is 9.99. The van der Waals surface area contributed by atoms with Gasteiger partial charge in [0.2, 0.25) is 0 Å². The number of hydrogen-bond acceptors (Lipinski definition) is 2. The Morgan fingerprint density at radius 3 is 2.94 bits per heavy atom. The van der Waals surface area contributed by atoms with Gasteiger partial charge in [0, 0.05) is 24.5 Å². The van der Waals surface area contributed by atoms with E-state index in [4.69, 9.17) is 0 Å². The van der Waals surface area contributed by atoms with Crippen LogP contribution < -0.4 is 0 Å². The van der Waals surface area contributed by atoms with Gasteiger partial charge in [0.15, 0.2) is 0 Å². The third kappa shape index (κ3) is 2.60. The van der Waals surface area contributed by atoms with Crippen LogP contribution >= 0.6 is 15.9 Å². The smallest absolute Gasteiger partial charge is 0.272 e. The molecule has 2 rings (SSSR count). The molecule has 0 bridgehead atoms. The zero-order chi connectivity index (χ0) is 13.3. The van der Waals surface area contributed by atoms with Gasteiger partial charge in [-0.05, 0) is 32.3 Å². The molecular formula is C13H20BrN3O. The fraction of sp³-hybridized carbons (Fsp3) is 0.692. The summed E-state index contributed by atoms with van der Waals surface area (Å²) in [4.78, 5) is 14.8. The van der Waals surface area contributed by atoms with Gasteiger partial charge in [0.25, 0.3) is 5.91 Å². The van der Waals surface area contributed by atoms with Crippen LogP contribution in [0.2, 0.25) is 0 Å². The summed E-state index contributed by atoms with van der Waals surface area (Å²) in [6.07, 6.45) is 1.06. The lowest BCUT2D eigenvalue weighted by molar-refractivity contribution is 0.0693. The van der Waals surface area contributed by atoms with Gasteiger partial charge in [0.1, 0.15) is 5.69 Å². The van der Waals surface area contributed by atoms with Crippen LogP contribution in [0.4, 0.5) is 0 Å². The number of piperidine rings is 1. The van der Waals surface area contributed by atoms with Crippen molar-refractivity contribution in [1.82, 2.24) is 14.7 Å². The van der Waals surface area contributed by atoms with Crippen LogP contribution in [0.3, 0.4) is 0 Å². The maximum atomic E-state index is 12.5. The minimum absolute atomic E-state index is 0.105. The van der Waals surface area contributed by atoms with Crippen molar-refractivity contribution in [2.45, 2.75) is 38.6 Å². The Morgan fingerprint density at radius 1 is 1.61 bits per heavy atom. The molecule has 2 atom stereocenters. The largest absolute Gasteiger partial charge is 0.336 e. The zero-order valence-electron chi connectivity index (χ0n) is 11.2. The second-order valence-electron chi connectivity index (χ2n) is 5.02. The number of hydrogen-bond donors (Lipinski definition) is 0. The predicted molar refractivity (Wildman–Crippen MR) is 75.0 cm³/mol. The van der Waals surface area contributed by atoms with Gasteiger partial charge >= 0.3 is 0 Å². The molecule has 1 aliphatic heterocycles. The van der Waals surface area contributed by atoms with Crippen molar-refractivity contribution >= 4 is 21.8 Å². The van der Waals surface area contributed by atoms with E-state index >= 15 is 0 Å². The number of amides is 1. The van der Waals surface area contributed by atoms with E-state index in [1.54, 1.807) is 4.68 Å². The van der Waals surface area contributed by atoms with E-state index in [9.17, 15) is 4.79 Å². The summed E-state index contributed by atoms with van der Waals surface area (Å²) in [5.74, 6) is 0.737. The fourth-order valence-corrected chi connectivity index (χ4v) is 2.94. The summed E-state index contributed by atoms with van der Waals surface area (Å²) in [5.41, 5.74) is 1.62. The normalized spacial score (nSPS) is 24.3. The molecular weight excluding hydrogens is 294 g/mol. The number of likely N-dealkylation sites (tertiary alicyclic amines) is 1. The summed E-state index contributed by atoms with van der Waals surface area (Å²) in [7, 11) is 0. The number of carbonyl (C=O) groups is 1. The van der Waals surface area contributed by atoms with Gasteiger partial charge in [-0.1, -0.05) is 22.9 Å². The van der Waals surface area contributed by atoms with Gasteiger partial charge in [-0.2, -0.15) is 5.10 Å². The summed E-state index contributed by atoms with van der Waals surface area (Å²) in [5, 5.41) is 4.34. The summed E-state index contributed by atoms with van der Waals surface area (Å²) in [6, 6.07) is 1.88. The number of halogens is 1. The molecule has 5 heteroatoms. The average Bonchev–Trinajstić information content (AvgIpc) is 2.73. The molecule has 1 aliphatic rings. The minimum atomic E-state index is 0.105. The first-order valence-electron chi connectivity index (χ1n) is 6.50. The molecule has 0 saturated carbocycles. The molecule has 18 heavy (non-hydrogen) atoms. The van der Waals surface area contributed by atoms with Crippen LogP contribution in [0.25, 0.3) is 0 Å². The standard InChI is InChI=1S/C13H20BrN3O/c1-4-17-12(7-10(3)15-17)13(18)16-6-5-9(2)11(14)8-16/h7,9,11H,4-6,8H2,1-3H3. The molecule has 1 fully saturated rings. The van der Waals surface area contributed by atoms with Gasteiger partial charge < -0.3 is 4.90 Å². The van der Waals surface area contributed by atoms with E-state index < -0.39 is 0 Å². The molecule has 0 spiro atoms. The molecule has 100 valence electrons. The topological polar surface area (TPSA) is 38.1 Å². The van der Waals surface area contributed by atoms with Crippen LogP contribution in [-0.4, -0.2) is 38.5 Å². The SMILES string of the molecule is CCn1nc(C)cc1C(=O)N1CCC(C)C(Br)C1. The maximum absolute atomic E-state index is 12.5. The van der Waals surface area contributed by atoms with Crippen molar-refractivity contribution in [1.29, 1.82) is 0 Å². The zero-order valence-corrected chi connectivity index (χ0v) is 12.8. The van der Waals surface area contributed by atoms with Crippen LogP contribution in [0.5, 0.6) is 0 Å². The van der Waals surface area contributed by atoms with Crippen LogP contribution in [0, 0.1) is 12.8 Å². The first kappa shape index (κ1) is 13.6. The quantitative estimate of drug-likeness (QED) is 0.787. The second-order valence-corrected chi connectivity index (χ2v) is 6.20. The molecule has 0 aromatic carbocycles. The van der Waals surface area contributed by atoms with Crippen molar-refractivity contribution < 1.29 is 4.79 Å². The highest BCUT2D eigenvalue weighted by Crippen LogP contribution is 2.24. The molecule has 1 saturated heterocycles. The highest BCUT2D eigenvalue weighted by molar-refractivity contribution is 9.09. The number of alkyl halides is 1. The summed E-state index contributed by atoms with van der Waals surface area (Å²) >= 11 is 3.66. The monoisotopic (exact) mass is 313 g/mol. The highest BCUT2D eigenvalue weighted by Gasteiger charge is 2.29. The first-order valence-corrected chi connectivity index (χ1v) is 7.42.